The zero-order chi connectivity index (χ0) is 26.5. The molecule has 190 valence electrons. The fourth-order valence-electron chi connectivity index (χ4n) is 4.39. The third-order valence-electron chi connectivity index (χ3n) is 6.14. The Morgan fingerprint density at radius 1 is 1.00 bits per heavy atom. The highest BCUT2D eigenvalue weighted by molar-refractivity contribution is 6.47. The summed E-state index contributed by atoms with van der Waals surface area (Å²) in [6.07, 6.45) is 1.86. The zero-order valence-corrected chi connectivity index (χ0v) is 21.9. The molecule has 0 spiro atoms. The largest absolute Gasteiger partial charge is 0.492 e. The monoisotopic (exact) mass is 496 g/mol. The highest BCUT2D eigenvalue weighted by Gasteiger charge is 2.25. The van der Waals surface area contributed by atoms with Gasteiger partial charge < -0.3 is 19.5 Å². The van der Waals surface area contributed by atoms with Gasteiger partial charge in [0.15, 0.2) is 0 Å². The number of hydrogen-bond donors (Lipinski definition) is 1. The molecule has 0 aliphatic carbocycles. The number of nitrogens with zero attached hydrogens (tertiary/aromatic N) is 3. The number of aryl methyl sites for hydroxylation is 4. The molecule has 2 heterocycles. The summed E-state index contributed by atoms with van der Waals surface area (Å²) in [5.41, 5.74) is 5.65. The van der Waals surface area contributed by atoms with Crippen LogP contribution in [0.2, 0.25) is 0 Å². The van der Waals surface area contributed by atoms with E-state index in [0.717, 1.165) is 28.2 Å². The third kappa shape index (κ3) is 6.06. The van der Waals surface area contributed by atoms with Gasteiger partial charge in [0, 0.05) is 37.2 Å². The molecule has 0 fully saturated rings. The fourth-order valence-corrected chi connectivity index (χ4v) is 4.39. The van der Waals surface area contributed by atoms with E-state index in [1.807, 2.05) is 69.6 Å². The average molecular weight is 497 g/mol. The van der Waals surface area contributed by atoms with Gasteiger partial charge in [0.2, 0.25) is 0 Å². The van der Waals surface area contributed by atoms with Crippen LogP contribution in [0.3, 0.4) is 0 Å². The lowest BCUT2D eigenvalue weighted by atomic mass is 10.00. The molecule has 2 aromatic carbocycles. The molecule has 0 aliphatic heterocycles. The number of nitrogens with one attached hydrogen (secondary N) is 1. The highest BCUT2D eigenvalue weighted by Crippen LogP contribution is 2.29. The average Bonchev–Trinajstić information content (AvgIpc) is 3.17. The fraction of sp³-hybridized carbons (Fsp3) is 0.233. The van der Waals surface area contributed by atoms with Crippen LogP contribution in [0.4, 0.5) is 11.5 Å². The maximum atomic E-state index is 13.1. The summed E-state index contributed by atoms with van der Waals surface area (Å²) in [5, 5.41) is 2.72. The van der Waals surface area contributed by atoms with Crippen LogP contribution in [0.15, 0.2) is 72.9 Å². The van der Waals surface area contributed by atoms with E-state index in [1.54, 1.807) is 35.9 Å². The van der Waals surface area contributed by atoms with Crippen LogP contribution in [0.25, 0.3) is 11.1 Å². The Morgan fingerprint density at radius 3 is 2.38 bits per heavy atom. The third-order valence-corrected chi connectivity index (χ3v) is 6.14. The van der Waals surface area contributed by atoms with Gasteiger partial charge in [-0.15, -0.1) is 0 Å². The topological polar surface area (TPSA) is 76.5 Å². The maximum Gasteiger partial charge on any atom is 0.298 e. The quantitative estimate of drug-likeness (QED) is 0.250. The number of likely N-dealkylation sites (N-methyl/N-ethyl adjacent to an activating group) is 1. The number of amides is 1. The van der Waals surface area contributed by atoms with Crippen LogP contribution >= 0.6 is 0 Å². The van der Waals surface area contributed by atoms with E-state index in [0.29, 0.717) is 30.3 Å². The van der Waals surface area contributed by atoms with E-state index < -0.39 is 11.7 Å². The summed E-state index contributed by atoms with van der Waals surface area (Å²) < 4.78 is 7.58. The van der Waals surface area contributed by atoms with Gasteiger partial charge in [-0.25, -0.2) is 4.98 Å². The summed E-state index contributed by atoms with van der Waals surface area (Å²) >= 11 is 0. The van der Waals surface area contributed by atoms with Crippen molar-refractivity contribution < 1.29 is 14.3 Å². The van der Waals surface area contributed by atoms with Gasteiger partial charge in [-0.05, 0) is 73.9 Å². The molecule has 37 heavy (non-hydrogen) atoms. The first-order chi connectivity index (χ1) is 17.7. The van der Waals surface area contributed by atoms with Gasteiger partial charge in [0.1, 0.15) is 23.9 Å². The van der Waals surface area contributed by atoms with Crippen molar-refractivity contribution in [2.75, 3.05) is 30.4 Å². The second-order valence-corrected chi connectivity index (χ2v) is 9.23. The Bertz CT molecular complexity index is 1390. The minimum atomic E-state index is -0.686. The van der Waals surface area contributed by atoms with Crippen molar-refractivity contribution in [1.82, 2.24) is 9.55 Å². The van der Waals surface area contributed by atoms with Crippen molar-refractivity contribution in [3.05, 3.63) is 95.4 Å². The Kier molecular flexibility index (Phi) is 7.72. The Labute approximate surface area is 217 Å². The first-order valence-electron chi connectivity index (χ1n) is 12.2. The SMILES string of the molecule is Cc1cc(C)nc(N(C)CCOc2ccc(NC(=O)C(=O)c3c(-c4ccccc4)c(C)cn3C)cc2)c1. The number of pyridine rings is 1. The zero-order valence-electron chi connectivity index (χ0n) is 21.9. The van der Waals surface area contributed by atoms with E-state index in [-0.39, 0.29) is 0 Å². The Balaban J connectivity index is 1.36. The van der Waals surface area contributed by atoms with Gasteiger partial charge in [-0.3, -0.25) is 9.59 Å². The van der Waals surface area contributed by atoms with Crippen molar-refractivity contribution in [1.29, 1.82) is 0 Å². The molecule has 0 bridgehead atoms. The number of ether oxygens (including phenoxy) is 1. The number of benzene rings is 2. The lowest BCUT2D eigenvalue weighted by Gasteiger charge is -2.19. The second-order valence-electron chi connectivity index (χ2n) is 9.23. The van der Waals surface area contributed by atoms with Crippen molar-refractivity contribution in [2.45, 2.75) is 20.8 Å². The van der Waals surface area contributed by atoms with E-state index in [2.05, 4.69) is 22.1 Å². The normalized spacial score (nSPS) is 10.7. The molecular weight excluding hydrogens is 464 g/mol. The van der Waals surface area contributed by atoms with E-state index in [4.69, 9.17) is 4.74 Å². The van der Waals surface area contributed by atoms with Crippen molar-refractivity contribution in [3.8, 4) is 16.9 Å². The first kappa shape index (κ1) is 25.7. The number of carbonyl (C=O) groups excluding carboxylic acids is 2. The molecule has 7 nitrogen and oxygen atoms in total. The molecule has 4 rings (SSSR count). The summed E-state index contributed by atoms with van der Waals surface area (Å²) in [6, 6.07) is 20.7. The van der Waals surface area contributed by atoms with Crippen LogP contribution in [0.1, 0.15) is 27.3 Å². The minimum Gasteiger partial charge on any atom is -0.492 e. The molecule has 7 heteroatoms. The van der Waals surface area contributed by atoms with Gasteiger partial charge in [-0.1, -0.05) is 30.3 Å². The molecule has 0 saturated heterocycles. The van der Waals surface area contributed by atoms with Gasteiger partial charge in [0.25, 0.3) is 11.7 Å². The standard InChI is InChI=1S/C30H32N4O3/c1-20-17-22(3)31-26(18-20)33(4)15-16-37-25-13-11-24(12-14-25)32-30(36)29(35)28-27(21(2)19-34(28)5)23-9-7-6-8-10-23/h6-14,17-19H,15-16H2,1-5H3,(H,32,36). The van der Waals surface area contributed by atoms with Crippen LogP contribution < -0.4 is 15.0 Å². The second kappa shape index (κ2) is 11.1. The molecule has 1 amide bonds. The predicted molar refractivity (Wildman–Crippen MR) is 147 cm³/mol. The highest BCUT2D eigenvalue weighted by atomic mass is 16.5. The van der Waals surface area contributed by atoms with E-state index in [9.17, 15) is 9.59 Å². The van der Waals surface area contributed by atoms with Gasteiger partial charge in [-0.2, -0.15) is 0 Å². The molecular formula is C30H32N4O3. The van der Waals surface area contributed by atoms with Crippen molar-refractivity contribution in [2.24, 2.45) is 7.05 Å². The molecule has 1 N–H and O–H groups in total. The smallest absolute Gasteiger partial charge is 0.298 e. The van der Waals surface area contributed by atoms with E-state index >= 15 is 0 Å². The molecule has 0 unspecified atom stereocenters. The predicted octanol–water partition coefficient (Wildman–Crippen LogP) is 5.35. The number of aromatic nitrogens is 2. The summed E-state index contributed by atoms with van der Waals surface area (Å²) in [4.78, 5) is 32.6. The summed E-state index contributed by atoms with van der Waals surface area (Å²) in [7, 11) is 3.76. The number of ketones is 1. The number of hydrogen-bond acceptors (Lipinski definition) is 5. The van der Waals surface area contributed by atoms with Gasteiger partial charge in [0.05, 0.1) is 6.54 Å². The summed E-state index contributed by atoms with van der Waals surface area (Å²) in [5.74, 6) is 0.315. The molecule has 0 aliphatic rings. The lowest BCUT2D eigenvalue weighted by Crippen LogP contribution is -2.25. The van der Waals surface area contributed by atoms with Crippen LogP contribution in [0, 0.1) is 20.8 Å². The molecule has 2 aromatic heterocycles. The molecule has 0 radical (unpaired) electrons. The van der Waals surface area contributed by atoms with E-state index in [1.165, 1.54) is 5.56 Å². The van der Waals surface area contributed by atoms with Crippen LogP contribution in [-0.2, 0) is 11.8 Å². The number of Topliss-reactive ketones (excluding diaryl/α,β-unsaturated/α-hetero) is 1. The van der Waals surface area contributed by atoms with Crippen molar-refractivity contribution in [3.63, 3.8) is 0 Å². The maximum absolute atomic E-state index is 13.1. The summed E-state index contributed by atoms with van der Waals surface area (Å²) in [6.45, 7) is 7.12. The molecule has 0 saturated carbocycles. The Morgan fingerprint density at radius 2 is 1.70 bits per heavy atom. The Hall–Kier alpha value is -4.39. The van der Waals surface area contributed by atoms with Gasteiger partial charge >= 0.3 is 0 Å². The number of rotatable bonds is 9. The van der Waals surface area contributed by atoms with Crippen LogP contribution in [-0.4, -0.2) is 41.4 Å². The molecule has 0 atom stereocenters. The minimum absolute atomic E-state index is 0.364. The first-order valence-corrected chi connectivity index (χ1v) is 12.2. The number of carbonyl (C=O) groups is 2. The molecule has 4 aromatic rings. The number of anilines is 2. The lowest BCUT2D eigenvalue weighted by molar-refractivity contribution is -0.112. The van der Waals surface area contributed by atoms with Crippen molar-refractivity contribution >= 4 is 23.2 Å². The van der Waals surface area contributed by atoms with Crippen LogP contribution in [0.5, 0.6) is 5.75 Å².